The maximum Gasteiger partial charge on any atom is 0.234 e. The van der Waals surface area contributed by atoms with Gasteiger partial charge in [-0.25, -0.2) is 9.97 Å². The van der Waals surface area contributed by atoms with E-state index in [0.717, 1.165) is 39.7 Å². The highest BCUT2D eigenvalue weighted by Gasteiger charge is 2.17. The van der Waals surface area contributed by atoms with Crippen molar-refractivity contribution in [2.24, 2.45) is 0 Å². The Bertz CT molecular complexity index is 1290. The van der Waals surface area contributed by atoms with Crippen LogP contribution in [0.3, 0.4) is 0 Å². The average Bonchev–Trinajstić information content (AvgIpc) is 3.21. The van der Waals surface area contributed by atoms with Gasteiger partial charge in [0, 0.05) is 22.8 Å². The van der Waals surface area contributed by atoms with Gasteiger partial charge in [-0.3, -0.25) is 9.36 Å². The number of hydrogen-bond acceptors (Lipinski definition) is 7. The van der Waals surface area contributed by atoms with E-state index in [-0.39, 0.29) is 11.7 Å². The highest BCUT2D eigenvalue weighted by atomic mass is 32.2. The Morgan fingerprint density at radius 3 is 2.38 bits per heavy atom. The molecule has 34 heavy (non-hydrogen) atoms. The maximum absolute atomic E-state index is 12.7. The van der Waals surface area contributed by atoms with E-state index in [1.807, 2.05) is 86.9 Å². The number of rotatable bonds is 8. The molecule has 174 valence electrons. The summed E-state index contributed by atoms with van der Waals surface area (Å²) < 4.78 is 1.99. The maximum atomic E-state index is 12.7. The van der Waals surface area contributed by atoms with E-state index in [1.54, 1.807) is 0 Å². The van der Waals surface area contributed by atoms with Crippen molar-refractivity contribution in [1.82, 2.24) is 24.7 Å². The number of aryl methyl sites for hydroxylation is 4. The fraction of sp³-hybridized carbons (Fsp3) is 0.240. The number of anilines is 1. The van der Waals surface area contributed by atoms with Gasteiger partial charge >= 0.3 is 0 Å². The second-order valence-corrected chi connectivity index (χ2v) is 9.83. The molecule has 0 bridgehead atoms. The van der Waals surface area contributed by atoms with Gasteiger partial charge in [-0.05, 0) is 63.1 Å². The number of para-hydroxylation sites is 1. The van der Waals surface area contributed by atoms with Gasteiger partial charge < -0.3 is 5.32 Å². The molecule has 4 rings (SSSR count). The smallest absolute Gasteiger partial charge is 0.234 e. The first-order valence-electron chi connectivity index (χ1n) is 10.8. The summed E-state index contributed by atoms with van der Waals surface area (Å²) in [5.74, 6) is 1.48. The number of nitrogens with zero attached hydrogens (tertiary/aromatic N) is 5. The Morgan fingerprint density at radius 1 is 0.912 bits per heavy atom. The van der Waals surface area contributed by atoms with Gasteiger partial charge in [0.25, 0.3) is 0 Å². The number of hydrogen-bond donors (Lipinski definition) is 1. The summed E-state index contributed by atoms with van der Waals surface area (Å²) in [6, 6.07) is 17.9. The number of aromatic nitrogens is 5. The summed E-state index contributed by atoms with van der Waals surface area (Å²) in [6.07, 6.45) is 0. The Morgan fingerprint density at radius 2 is 1.65 bits per heavy atom. The van der Waals surface area contributed by atoms with Gasteiger partial charge in [0.15, 0.2) is 10.3 Å². The molecule has 0 aliphatic heterocycles. The van der Waals surface area contributed by atoms with Crippen LogP contribution in [0.1, 0.15) is 28.3 Å². The fourth-order valence-electron chi connectivity index (χ4n) is 3.40. The number of carbonyl (C=O) groups excluding carboxylic acids is 1. The van der Waals surface area contributed by atoms with Crippen LogP contribution in [0.25, 0.3) is 5.69 Å². The summed E-state index contributed by atoms with van der Waals surface area (Å²) in [7, 11) is 0. The molecule has 1 amide bonds. The van der Waals surface area contributed by atoms with Gasteiger partial charge in [-0.2, -0.15) is 0 Å². The van der Waals surface area contributed by atoms with Crippen LogP contribution in [0.15, 0.2) is 64.9 Å². The van der Waals surface area contributed by atoms with Crippen molar-refractivity contribution in [3.05, 3.63) is 82.9 Å². The second kappa shape index (κ2) is 10.8. The third kappa shape index (κ3) is 6.03. The lowest BCUT2D eigenvalue weighted by Crippen LogP contribution is -2.15. The van der Waals surface area contributed by atoms with Crippen LogP contribution in [0.2, 0.25) is 0 Å². The van der Waals surface area contributed by atoms with Gasteiger partial charge in [0.2, 0.25) is 5.91 Å². The molecule has 0 aliphatic rings. The summed E-state index contributed by atoms with van der Waals surface area (Å²) in [4.78, 5) is 21.7. The molecule has 0 atom stereocenters. The van der Waals surface area contributed by atoms with Crippen molar-refractivity contribution >= 4 is 35.1 Å². The van der Waals surface area contributed by atoms with E-state index in [0.29, 0.717) is 16.1 Å². The Balaban J connectivity index is 1.51. The predicted octanol–water partition coefficient (Wildman–Crippen LogP) is 5.31. The quantitative estimate of drug-likeness (QED) is 0.264. The molecule has 0 unspecified atom stereocenters. The van der Waals surface area contributed by atoms with E-state index in [9.17, 15) is 4.79 Å². The number of benzene rings is 2. The molecule has 2 heterocycles. The molecule has 1 N–H and O–H groups in total. The topological polar surface area (TPSA) is 85.6 Å². The lowest BCUT2D eigenvalue weighted by molar-refractivity contribution is -0.113. The zero-order chi connectivity index (χ0) is 24.1. The number of carbonyl (C=O) groups is 1. The minimum absolute atomic E-state index is 0.0825. The zero-order valence-electron chi connectivity index (χ0n) is 19.6. The summed E-state index contributed by atoms with van der Waals surface area (Å²) >= 11 is 2.88. The summed E-state index contributed by atoms with van der Waals surface area (Å²) in [5, 5.41) is 13.2. The van der Waals surface area contributed by atoms with Crippen LogP contribution in [0, 0.1) is 27.7 Å². The zero-order valence-corrected chi connectivity index (χ0v) is 21.2. The monoisotopic (exact) mass is 490 g/mol. The largest absolute Gasteiger partial charge is 0.325 e. The Kier molecular flexibility index (Phi) is 7.64. The van der Waals surface area contributed by atoms with E-state index in [2.05, 4.69) is 25.5 Å². The molecule has 0 saturated carbocycles. The molecular formula is C25H26N6OS2. The third-order valence-corrected chi connectivity index (χ3v) is 6.78. The number of thioether (sulfide) groups is 2. The third-order valence-electron chi connectivity index (χ3n) is 5.01. The Hall–Kier alpha value is -3.17. The van der Waals surface area contributed by atoms with Crippen molar-refractivity contribution in [3.8, 4) is 5.69 Å². The van der Waals surface area contributed by atoms with Crippen LogP contribution < -0.4 is 5.32 Å². The minimum atomic E-state index is -0.0825. The molecular weight excluding hydrogens is 464 g/mol. The molecule has 0 saturated heterocycles. The summed E-state index contributed by atoms with van der Waals surface area (Å²) in [5.41, 5.74) is 5.79. The van der Waals surface area contributed by atoms with Crippen LogP contribution in [-0.2, 0) is 10.5 Å². The van der Waals surface area contributed by atoms with Gasteiger partial charge in [0.1, 0.15) is 5.82 Å². The molecule has 2 aromatic heterocycles. The molecule has 0 spiro atoms. The molecule has 9 heteroatoms. The molecule has 0 radical (unpaired) electrons. The van der Waals surface area contributed by atoms with E-state index in [4.69, 9.17) is 0 Å². The molecule has 0 aliphatic carbocycles. The van der Waals surface area contributed by atoms with Crippen molar-refractivity contribution in [2.75, 3.05) is 11.1 Å². The van der Waals surface area contributed by atoms with Crippen LogP contribution >= 0.6 is 23.5 Å². The van der Waals surface area contributed by atoms with Crippen molar-refractivity contribution in [1.29, 1.82) is 0 Å². The molecule has 2 aromatic carbocycles. The predicted molar refractivity (Wildman–Crippen MR) is 138 cm³/mol. The Labute approximate surface area is 207 Å². The van der Waals surface area contributed by atoms with Crippen LogP contribution in [0.4, 0.5) is 5.69 Å². The van der Waals surface area contributed by atoms with Crippen molar-refractivity contribution in [3.63, 3.8) is 0 Å². The first-order valence-corrected chi connectivity index (χ1v) is 12.8. The minimum Gasteiger partial charge on any atom is -0.325 e. The number of nitrogens with one attached hydrogen (secondary N) is 1. The first-order chi connectivity index (χ1) is 16.4. The SMILES string of the molecule is Cc1ccc(C)c(NC(=O)CSc2nnc(CSc3nc(C)cc(C)n3)n2-c2ccccc2)c1. The number of amides is 1. The van der Waals surface area contributed by atoms with Crippen LogP contribution in [-0.4, -0.2) is 36.4 Å². The highest BCUT2D eigenvalue weighted by molar-refractivity contribution is 7.99. The van der Waals surface area contributed by atoms with Gasteiger partial charge in [0.05, 0.1) is 11.5 Å². The molecule has 4 aromatic rings. The molecule has 0 fully saturated rings. The summed E-state index contributed by atoms with van der Waals surface area (Å²) in [6.45, 7) is 7.92. The standard InChI is InChI=1S/C25H26N6OS2/c1-16-10-11-17(2)21(12-16)28-23(32)15-34-25-30-29-22(31(25)20-8-6-5-7-9-20)14-33-24-26-18(3)13-19(4)27-24/h5-13H,14-15H2,1-4H3,(H,28,32). The van der Waals surface area contributed by atoms with Gasteiger partial charge in [-0.1, -0.05) is 53.9 Å². The van der Waals surface area contributed by atoms with Crippen molar-refractivity contribution in [2.45, 2.75) is 43.8 Å². The second-order valence-electron chi connectivity index (χ2n) is 7.95. The lowest BCUT2D eigenvalue weighted by atomic mass is 10.1. The van der Waals surface area contributed by atoms with Crippen molar-refractivity contribution < 1.29 is 4.79 Å². The first kappa shape index (κ1) is 24.0. The van der Waals surface area contributed by atoms with E-state index < -0.39 is 0 Å². The highest BCUT2D eigenvalue weighted by Crippen LogP contribution is 2.26. The lowest BCUT2D eigenvalue weighted by Gasteiger charge is -2.11. The normalized spacial score (nSPS) is 10.9. The van der Waals surface area contributed by atoms with E-state index >= 15 is 0 Å². The van der Waals surface area contributed by atoms with E-state index in [1.165, 1.54) is 23.5 Å². The van der Waals surface area contributed by atoms with Gasteiger partial charge in [-0.15, -0.1) is 10.2 Å². The van der Waals surface area contributed by atoms with Crippen LogP contribution in [0.5, 0.6) is 0 Å². The fourth-order valence-corrected chi connectivity index (χ4v) is 5.03. The molecule has 7 nitrogen and oxygen atoms in total. The average molecular weight is 491 g/mol.